The van der Waals surface area contributed by atoms with Crippen molar-refractivity contribution in [2.24, 2.45) is 17.3 Å². The molecule has 1 spiro atoms. The molecule has 0 amide bonds. The van der Waals surface area contributed by atoms with Gasteiger partial charge in [-0.3, -0.25) is 0 Å². The number of hydrogen-bond acceptors (Lipinski definition) is 3. The van der Waals surface area contributed by atoms with Gasteiger partial charge in [-0.15, -0.1) is 0 Å². The number of hydrogen-bond donors (Lipinski definition) is 0. The van der Waals surface area contributed by atoms with Crippen molar-refractivity contribution in [3.63, 3.8) is 0 Å². The Bertz CT molecular complexity index is 1460. The van der Waals surface area contributed by atoms with E-state index in [-0.39, 0.29) is 29.3 Å². The average Bonchev–Trinajstić information content (AvgIpc) is 3.32. The number of carbonyl (C=O) groups is 1. The second kappa shape index (κ2) is 10.0. The van der Waals surface area contributed by atoms with E-state index in [4.69, 9.17) is 9.47 Å². The lowest BCUT2D eigenvalue weighted by Crippen LogP contribution is -2.20. The molecular formula is C35H38F2O3. The molecule has 210 valence electrons. The number of fused-ring (bicyclic) bond motifs is 2. The molecule has 4 atom stereocenters. The highest BCUT2D eigenvalue weighted by Gasteiger charge is 2.63. The van der Waals surface area contributed by atoms with Gasteiger partial charge >= 0.3 is 0 Å². The van der Waals surface area contributed by atoms with Gasteiger partial charge in [-0.1, -0.05) is 33.3 Å². The molecule has 0 saturated heterocycles. The molecule has 0 bridgehead atoms. The summed E-state index contributed by atoms with van der Waals surface area (Å²) in [7, 11) is 1.55. The van der Waals surface area contributed by atoms with Crippen LogP contribution in [0.25, 0.3) is 11.1 Å². The Morgan fingerprint density at radius 1 is 0.950 bits per heavy atom. The van der Waals surface area contributed by atoms with E-state index in [9.17, 15) is 4.79 Å². The standard InChI is InChI=1S/C35H38F2O3/c1-21-31(19-38)35(21)14-5-7-22-9-10-25(17-30(22)35)40-20-23-15-27(29-8-6-13-34(29,2)3)26(18-33(23)37)28-16-24(39-4)11-12-32(28)36/h9-12,15-19,21,29,31H,5-8,13-14,20H2,1-4H3. The fraction of sp³-hybridized carbons (Fsp3) is 0.457. The number of benzene rings is 3. The minimum Gasteiger partial charge on any atom is -0.497 e. The summed E-state index contributed by atoms with van der Waals surface area (Å²) in [4.78, 5) is 11.8. The van der Waals surface area contributed by atoms with Gasteiger partial charge in [0.25, 0.3) is 0 Å². The third kappa shape index (κ3) is 4.33. The molecule has 2 fully saturated rings. The normalized spacial score (nSPS) is 26.4. The smallest absolute Gasteiger partial charge is 0.131 e. The van der Waals surface area contributed by atoms with E-state index in [0.29, 0.717) is 34.1 Å². The molecule has 3 aliphatic carbocycles. The topological polar surface area (TPSA) is 35.5 Å². The first kappa shape index (κ1) is 27.0. The number of aryl methyl sites for hydroxylation is 1. The maximum Gasteiger partial charge on any atom is 0.131 e. The number of ether oxygens (including phenoxy) is 2. The lowest BCUT2D eigenvalue weighted by Gasteiger charge is -2.30. The Balaban J connectivity index is 1.35. The van der Waals surface area contributed by atoms with E-state index in [0.717, 1.165) is 50.4 Å². The summed E-state index contributed by atoms with van der Waals surface area (Å²) in [6, 6.07) is 14.1. The zero-order valence-electron chi connectivity index (χ0n) is 23.9. The highest BCUT2D eigenvalue weighted by atomic mass is 19.1. The van der Waals surface area contributed by atoms with Gasteiger partial charge in [-0.05, 0) is 114 Å². The van der Waals surface area contributed by atoms with Crippen LogP contribution in [0.4, 0.5) is 8.78 Å². The third-order valence-electron chi connectivity index (χ3n) is 10.3. The van der Waals surface area contributed by atoms with Gasteiger partial charge < -0.3 is 14.3 Å². The van der Waals surface area contributed by atoms with Crippen molar-refractivity contribution in [1.82, 2.24) is 0 Å². The highest BCUT2D eigenvalue weighted by molar-refractivity contribution is 5.71. The van der Waals surface area contributed by atoms with Gasteiger partial charge in [0.1, 0.15) is 36.0 Å². The van der Waals surface area contributed by atoms with Crippen LogP contribution < -0.4 is 9.47 Å². The van der Waals surface area contributed by atoms with Crippen LogP contribution in [0.1, 0.15) is 81.0 Å². The molecule has 3 aromatic carbocycles. The van der Waals surface area contributed by atoms with Gasteiger partial charge in [0.15, 0.2) is 0 Å². The Morgan fingerprint density at radius 2 is 1.75 bits per heavy atom. The monoisotopic (exact) mass is 544 g/mol. The molecule has 40 heavy (non-hydrogen) atoms. The molecule has 0 N–H and O–H groups in total. The number of halogens is 2. The first-order chi connectivity index (χ1) is 19.2. The Morgan fingerprint density at radius 3 is 2.45 bits per heavy atom. The maximum absolute atomic E-state index is 15.7. The van der Waals surface area contributed by atoms with Crippen molar-refractivity contribution < 1.29 is 23.0 Å². The van der Waals surface area contributed by atoms with Crippen LogP contribution in [0.15, 0.2) is 48.5 Å². The zero-order chi connectivity index (χ0) is 28.2. The van der Waals surface area contributed by atoms with Crippen LogP contribution in [-0.4, -0.2) is 13.4 Å². The van der Waals surface area contributed by atoms with Gasteiger partial charge in [0.05, 0.1) is 7.11 Å². The summed E-state index contributed by atoms with van der Waals surface area (Å²) >= 11 is 0. The number of aldehydes is 1. The Kier molecular flexibility index (Phi) is 6.75. The van der Waals surface area contributed by atoms with Crippen molar-refractivity contribution in [3.05, 3.63) is 82.4 Å². The van der Waals surface area contributed by atoms with E-state index >= 15 is 8.78 Å². The van der Waals surface area contributed by atoms with Crippen molar-refractivity contribution in [3.8, 4) is 22.6 Å². The Hall–Kier alpha value is -3.21. The van der Waals surface area contributed by atoms with Crippen molar-refractivity contribution >= 4 is 6.29 Å². The molecule has 0 heterocycles. The van der Waals surface area contributed by atoms with Crippen LogP contribution >= 0.6 is 0 Å². The van der Waals surface area contributed by atoms with Gasteiger partial charge in [-0.25, -0.2) is 8.78 Å². The summed E-state index contributed by atoms with van der Waals surface area (Å²) < 4.78 is 42.4. The molecule has 5 heteroatoms. The van der Waals surface area contributed by atoms with Gasteiger partial charge in [0, 0.05) is 22.5 Å². The first-order valence-electron chi connectivity index (χ1n) is 14.6. The van der Waals surface area contributed by atoms with Crippen LogP contribution in [0.5, 0.6) is 11.5 Å². The fourth-order valence-corrected chi connectivity index (χ4v) is 7.90. The second-order valence-corrected chi connectivity index (χ2v) is 12.8. The minimum atomic E-state index is -0.414. The largest absolute Gasteiger partial charge is 0.497 e. The molecule has 2 saturated carbocycles. The third-order valence-corrected chi connectivity index (χ3v) is 10.3. The molecule has 4 unspecified atom stereocenters. The quantitative estimate of drug-likeness (QED) is 0.280. The molecule has 0 radical (unpaired) electrons. The number of methoxy groups -OCH3 is 1. The fourth-order valence-electron chi connectivity index (χ4n) is 7.90. The predicted octanol–water partition coefficient (Wildman–Crippen LogP) is 8.55. The van der Waals surface area contributed by atoms with Crippen molar-refractivity contribution in [1.29, 1.82) is 0 Å². The number of carbonyl (C=O) groups excluding carboxylic acids is 1. The van der Waals surface area contributed by atoms with E-state index in [1.807, 2.05) is 12.1 Å². The van der Waals surface area contributed by atoms with Gasteiger partial charge in [0.2, 0.25) is 0 Å². The second-order valence-electron chi connectivity index (χ2n) is 12.8. The molecule has 3 aliphatic rings. The first-order valence-corrected chi connectivity index (χ1v) is 14.6. The van der Waals surface area contributed by atoms with Crippen molar-refractivity contribution in [2.45, 2.75) is 77.2 Å². The highest BCUT2D eigenvalue weighted by Crippen LogP contribution is 2.64. The van der Waals surface area contributed by atoms with E-state index < -0.39 is 11.6 Å². The van der Waals surface area contributed by atoms with Crippen LogP contribution in [-0.2, 0) is 23.2 Å². The van der Waals surface area contributed by atoms with Crippen LogP contribution in [0.2, 0.25) is 0 Å². The summed E-state index contributed by atoms with van der Waals surface area (Å²) in [6.07, 6.45) is 7.35. The molecule has 3 aromatic rings. The van der Waals surface area contributed by atoms with Crippen molar-refractivity contribution in [2.75, 3.05) is 7.11 Å². The average molecular weight is 545 g/mol. The molecular weight excluding hydrogens is 506 g/mol. The predicted molar refractivity (Wildman–Crippen MR) is 153 cm³/mol. The SMILES string of the molecule is COc1ccc(F)c(-c2cc(F)c(COc3ccc4c(c3)C3(CCC4)C(C)C3C=O)cc2C2CCCC2(C)C)c1. The molecule has 0 aliphatic heterocycles. The van der Waals surface area contributed by atoms with E-state index in [1.165, 1.54) is 23.3 Å². The zero-order valence-corrected chi connectivity index (χ0v) is 23.9. The summed E-state index contributed by atoms with van der Waals surface area (Å²) in [5.41, 5.74) is 4.80. The summed E-state index contributed by atoms with van der Waals surface area (Å²) in [5, 5.41) is 0. The molecule has 3 nitrogen and oxygen atoms in total. The minimum absolute atomic E-state index is 0.0168. The summed E-state index contributed by atoms with van der Waals surface area (Å²) in [5.74, 6) is 0.976. The lowest BCUT2D eigenvalue weighted by atomic mass is 9.75. The molecule has 0 aromatic heterocycles. The van der Waals surface area contributed by atoms with Crippen LogP contribution in [0.3, 0.4) is 0 Å². The summed E-state index contributed by atoms with van der Waals surface area (Å²) in [6.45, 7) is 6.72. The van der Waals surface area contributed by atoms with Gasteiger partial charge in [-0.2, -0.15) is 0 Å². The number of rotatable bonds is 7. The Labute approximate surface area is 235 Å². The van der Waals surface area contributed by atoms with E-state index in [2.05, 4.69) is 32.9 Å². The van der Waals surface area contributed by atoms with Crippen LogP contribution in [0, 0.1) is 28.9 Å². The maximum atomic E-state index is 15.7. The van der Waals surface area contributed by atoms with E-state index in [1.54, 1.807) is 19.2 Å². The lowest BCUT2D eigenvalue weighted by molar-refractivity contribution is -0.109. The molecule has 6 rings (SSSR count).